The van der Waals surface area contributed by atoms with Crippen LogP contribution in [0.25, 0.3) is 0 Å². The first-order valence-electron chi connectivity index (χ1n) is 9.00. The van der Waals surface area contributed by atoms with E-state index in [1.807, 2.05) is 0 Å². The molecular formula is C18H35ClO2. The maximum Gasteiger partial charge on any atom is 0.150 e. The van der Waals surface area contributed by atoms with E-state index in [4.69, 9.17) is 16.7 Å². The summed E-state index contributed by atoms with van der Waals surface area (Å²) in [4.78, 5) is 11.8. The lowest BCUT2D eigenvalue weighted by Crippen LogP contribution is -2.14. The van der Waals surface area contributed by atoms with Crippen LogP contribution in [0.3, 0.4) is 0 Å². The topological polar surface area (TPSA) is 37.3 Å². The van der Waals surface area contributed by atoms with Crippen LogP contribution in [0.4, 0.5) is 0 Å². The molecule has 0 aliphatic carbocycles. The number of ketones is 1. The maximum atomic E-state index is 11.8. The van der Waals surface area contributed by atoms with E-state index >= 15 is 0 Å². The Morgan fingerprint density at radius 2 is 1.38 bits per heavy atom. The zero-order chi connectivity index (χ0) is 15.8. The number of aliphatic hydroxyl groups excluding tert-OH is 1. The van der Waals surface area contributed by atoms with Crippen LogP contribution in [0.2, 0.25) is 0 Å². The molecule has 0 rings (SSSR count). The minimum atomic E-state index is -0.254. The van der Waals surface area contributed by atoms with Crippen molar-refractivity contribution in [2.45, 2.75) is 102 Å². The molecule has 0 saturated carbocycles. The lowest BCUT2D eigenvalue weighted by molar-refractivity contribution is -0.119. The van der Waals surface area contributed by atoms with Gasteiger partial charge in [0.05, 0.1) is 5.38 Å². The molecule has 1 unspecified atom stereocenters. The molecule has 0 heterocycles. The van der Waals surface area contributed by atoms with Gasteiger partial charge in [-0.25, -0.2) is 0 Å². The van der Waals surface area contributed by atoms with E-state index in [1.54, 1.807) is 0 Å². The van der Waals surface area contributed by atoms with Crippen LogP contribution in [0.5, 0.6) is 0 Å². The monoisotopic (exact) mass is 318 g/mol. The van der Waals surface area contributed by atoms with E-state index in [1.165, 1.54) is 44.9 Å². The van der Waals surface area contributed by atoms with Crippen molar-refractivity contribution >= 4 is 17.4 Å². The molecule has 0 amide bonds. The fourth-order valence-electron chi connectivity index (χ4n) is 2.54. The second-order valence-electron chi connectivity index (χ2n) is 6.09. The van der Waals surface area contributed by atoms with E-state index in [9.17, 15) is 4.79 Å². The Kier molecular flexibility index (Phi) is 16.2. The zero-order valence-corrected chi connectivity index (χ0v) is 14.7. The summed E-state index contributed by atoms with van der Waals surface area (Å²) < 4.78 is 0. The quantitative estimate of drug-likeness (QED) is 0.295. The Hall–Kier alpha value is -0.0800. The predicted octanol–water partition coefficient (Wildman–Crippen LogP) is 5.64. The molecule has 3 heteroatoms. The molecule has 21 heavy (non-hydrogen) atoms. The number of alkyl halides is 1. The van der Waals surface area contributed by atoms with Gasteiger partial charge >= 0.3 is 0 Å². The molecule has 1 atom stereocenters. The number of rotatable bonds is 16. The van der Waals surface area contributed by atoms with Crippen molar-refractivity contribution in [3.8, 4) is 0 Å². The molecule has 0 aromatic rings. The van der Waals surface area contributed by atoms with Gasteiger partial charge in [0, 0.05) is 13.0 Å². The molecule has 0 aromatic carbocycles. The SMILES string of the molecule is CCCCCCC(=O)C(Cl)CCCCCCCCCCO. The molecule has 0 spiro atoms. The summed E-state index contributed by atoms with van der Waals surface area (Å²) in [5.74, 6) is 0.247. The highest BCUT2D eigenvalue weighted by atomic mass is 35.5. The molecule has 126 valence electrons. The van der Waals surface area contributed by atoms with Crippen LogP contribution in [0, 0.1) is 0 Å². The molecule has 0 saturated heterocycles. The number of aliphatic hydroxyl groups is 1. The van der Waals surface area contributed by atoms with Crippen molar-refractivity contribution in [1.29, 1.82) is 0 Å². The Morgan fingerprint density at radius 3 is 1.95 bits per heavy atom. The van der Waals surface area contributed by atoms with Crippen molar-refractivity contribution in [1.82, 2.24) is 0 Å². The number of hydrogen-bond donors (Lipinski definition) is 1. The van der Waals surface area contributed by atoms with E-state index in [0.717, 1.165) is 38.5 Å². The van der Waals surface area contributed by atoms with Crippen molar-refractivity contribution in [2.24, 2.45) is 0 Å². The third kappa shape index (κ3) is 14.6. The Balaban J connectivity index is 3.32. The molecule has 0 aliphatic heterocycles. The second kappa shape index (κ2) is 16.3. The second-order valence-corrected chi connectivity index (χ2v) is 6.61. The van der Waals surface area contributed by atoms with Gasteiger partial charge in [0.2, 0.25) is 0 Å². The van der Waals surface area contributed by atoms with Gasteiger partial charge in [0.25, 0.3) is 0 Å². The van der Waals surface area contributed by atoms with Gasteiger partial charge in [0.15, 0.2) is 5.78 Å². The third-order valence-corrected chi connectivity index (χ3v) is 4.45. The molecule has 0 fully saturated rings. The number of carbonyl (C=O) groups is 1. The van der Waals surface area contributed by atoms with Gasteiger partial charge < -0.3 is 5.11 Å². The average molecular weight is 319 g/mol. The average Bonchev–Trinajstić information content (AvgIpc) is 2.49. The summed E-state index contributed by atoms with van der Waals surface area (Å²) in [6.45, 7) is 2.50. The van der Waals surface area contributed by atoms with Gasteiger partial charge in [-0.15, -0.1) is 11.6 Å². The Labute approximate surface area is 136 Å². The number of unbranched alkanes of at least 4 members (excludes halogenated alkanes) is 10. The number of halogens is 1. The number of carbonyl (C=O) groups excluding carboxylic acids is 1. The van der Waals surface area contributed by atoms with E-state index in [0.29, 0.717) is 13.0 Å². The van der Waals surface area contributed by atoms with Crippen molar-refractivity contribution in [3.63, 3.8) is 0 Å². The van der Waals surface area contributed by atoms with Crippen LogP contribution >= 0.6 is 11.6 Å². The number of Topliss-reactive ketones (excluding diaryl/α,β-unsaturated/α-hetero) is 1. The molecule has 2 nitrogen and oxygen atoms in total. The minimum absolute atomic E-state index is 0.247. The normalized spacial score (nSPS) is 12.5. The standard InChI is InChI=1S/C18H35ClO2/c1-2-3-4-12-15-18(21)17(19)14-11-9-7-5-6-8-10-13-16-20/h17,20H,2-16H2,1H3. The minimum Gasteiger partial charge on any atom is -0.396 e. The van der Waals surface area contributed by atoms with Crippen molar-refractivity contribution in [3.05, 3.63) is 0 Å². The Morgan fingerprint density at radius 1 is 0.857 bits per heavy atom. The van der Waals surface area contributed by atoms with Crippen LogP contribution in [0.15, 0.2) is 0 Å². The fraction of sp³-hybridized carbons (Fsp3) is 0.944. The fourth-order valence-corrected chi connectivity index (χ4v) is 2.80. The highest BCUT2D eigenvalue weighted by Gasteiger charge is 2.13. The van der Waals surface area contributed by atoms with E-state index < -0.39 is 0 Å². The van der Waals surface area contributed by atoms with E-state index in [-0.39, 0.29) is 11.2 Å². The summed E-state index contributed by atoms with van der Waals surface area (Å²) in [5, 5.41) is 8.42. The highest BCUT2D eigenvalue weighted by Crippen LogP contribution is 2.16. The molecular weight excluding hydrogens is 284 g/mol. The lowest BCUT2D eigenvalue weighted by Gasteiger charge is -2.08. The van der Waals surface area contributed by atoms with Gasteiger partial charge in [0.1, 0.15) is 0 Å². The summed E-state index contributed by atoms with van der Waals surface area (Å²) in [5.41, 5.74) is 0. The molecule has 0 aromatic heterocycles. The third-order valence-electron chi connectivity index (χ3n) is 3.99. The highest BCUT2D eigenvalue weighted by molar-refractivity contribution is 6.31. The van der Waals surface area contributed by atoms with Gasteiger partial charge in [-0.3, -0.25) is 4.79 Å². The van der Waals surface area contributed by atoms with Gasteiger partial charge in [-0.2, -0.15) is 0 Å². The van der Waals surface area contributed by atoms with Gasteiger partial charge in [-0.1, -0.05) is 71.1 Å². The molecule has 0 bridgehead atoms. The summed E-state index contributed by atoms with van der Waals surface area (Å²) in [7, 11) is 0. The first kappa shape index (κ1) is 20.9. The first-order chi connectivity index (χ1) is 10.2. The van der Waals surface area contributed by atoms with Crippen molar-refractivity contribution < 1.29 is 9.90 Å². The van der Waals surface area contributed by atoms with E-state index in [2.05, 4.69) is 6.92 Å². The molecule has 0 aliphatic rings. The Bertz CT molecular complexity index is 231. The zero-order valence-electron chi connectivity index (χ0n) is 13.9. The van der Waals surface area contributed by atoms with Crippen LogP contribution in [0.1, 0.15) is 96.8 Å². The van der Waals surface area contributed by atoms with Crippen molar-refractivity contribution in [2.75, 3.05) is 6.61 Å². The molecule has 0 radical (unpaired) electrons. The smallest absolute Gasteiger partial charge is 0.150 e. The number of hydrogen-bond acceptors (Lipinski definition) is 2. The first-order valence-corrected chi connectivity index (χ1v) is 9.43. The van der Waals surface area contributed by atoms with Gasteiger partial charge in [-0.05, 0) is 19.3 Å². The largest absolute Gasteiger partial charge is 0.396 e. The van der Waals surface area contributed by atoms with Crippen LogP contribution in [-0.4, -0.2) is 22.9 Å². The maximum absolute atomic E-state index is 11.8. The summed E-state index contributed by atoms with van der Waals surface area (Å²) >= 11 is 6.17. The van der Waals surface area contributed by atoms with Crippen LogP contribution in [-0.2, 0) is 4.79 Å². The summed E-state index contributed by atoms with van der Waals surface area (Å²) in [6, 6.07) is 0. The van der Waals surface area contributed by atoms with Crippen LogP contribution < -0.4 is 0 Å². The summed E-state index contributed by atoms with van der Waals surface area (Å²) in [6.07, 6.45) is 15.5. The lowest BCUT2D eigenvalue weighted by atomic mass is 10.0. The predicted molar refractivity (Wildman–Crippen MR) is 92.0 cm³/mol. The molecule has 1 N–H and O–H groups in total.